The summed E-state index contributed by atoms with van der Waals surface area (Å²) >= 11 is 0. The van der Waals surface area contributed by atoms with E-state index in [1.807, 2.05) is 37.3 Å². The number of aliphatic hydroxyl groups excluding tert-OH is 1. The molecule has 21 heavy (non-hydrogen) atoms. The number of carbonyl (C=O) groups is 1. The third-order valence-electron chi connectivity index (χ3n) is 4.23. The van der Waals surface area contributed by atoms with E-state index < -0.39 is 6.10 Å². The second-order valence-corrected chi connectivity index (χ2v) is 5.47. The fraction of sp³-hybridized carbons (Fsp3) is 0.278. The average Bonchev–Trinajstić information content (AvgIpc) is 2.55. The van der Waals surface area contributed by atoms with Crippen molar-refractivity contribution in [1.29, 1.82) is 0 Å². The van der Waals surface area contributed by atoms with E-state index >= 15 is 0 Å². The molecule has 2 atom stereocenters. The molecule has 0 saturated carbocycles. The Morgan fingerprint density at radius 2 is 1.81 bits per heavy atom. The number of rotatable bonds is 2. The molecule has 2 unspecified atom stereocenters. The first kappa shape index (κ1) is 13.8. The molecule has 1 heterocycles. The SMILES string of the molecule is CC1c2ccccc2CCN1C(=O)C(O)c1ccccc1. The smallest absolute Gasteiger partial charge is 0.256 e. The Hall–Kier alpha value is -2.13. The quantitative estimate of drug-likeness (QED) is 0.919. The van der Waals surface area contributed by atoms with Crippen LogP contribution in [0.3, 0.4) is 0 Å². The van der Waals surface area contributed by atoms with E-state index in [0.717, 1.165) is 6.42 Å². The molecule has 1 aliphatic rings. The summed E-state index contributed by atoms with van der Waals surface area (Å²) in [6.45, 7) is 2.68. The van der Waals surface area contributed by atoms with Crippen molar-refractivity contribution in [1.82, 2.24) is 4.90 Å². The van der Waals surface area contributed by atoms with E-state index in [9.17, 15) is 9.90 Å². The highest BCUT2D eigenvalue weighted by molar-refractivity contribution is 5.82. The lowest BCUT2D eigenvalue weighted by molar-refractivity contribution is -0.143. The van der Waals surface area contributed by atoms with Crippen LogP contribution >= 0.6 is 0 Å². The van der Waals surface area contributed by atoms with Crippen LogP contribution in [0.1, 0.15) is 35.8 Å². The molecule has 0 bridgehead atoms. The lowest BCUT2D eigenvalue weighted by atomic mass is 9.93. The maximum atomic E-state index is 12.6. The van der Waals surface area contributed by atoms with Crippen molar-refractivity contribution in [2.45, 2.75) is 25.5 Å². The van der Waals surface area contributed by atoms with Gasteiger partial charge in [0.15, 0.2) is 6.10 Å². The van der Waals surface area contributed by atoms with Crippen LogP contribution in [-0.4, -0.2) is 22.5 Å². The van der Waals surface area contributed by atoms with Gasteiger partial charge in [0.05, 0.1) is 6.04 Å². The van der Waals surface area contributed by atoms with Gasteiger partial charge in [0, 0.05) is 6.54 Å². The molecular weight excluding hydrogens is 262 g/mol. The van der Waals surface area contributed by atoms with Crippen LogP contribution in [-0.2, 0) is 11.2 Å². The first-order valence-corrected chi connectivity index (χ1v) is 7.30. The van der Waals surface area contributed by atoms with Crippen LogP contribution in [0.15, 0.2) is 54.6 Å². The van der Waals surface area contributed by atoms with Gasteiger partial charge in [0.25, 0.3) is 5.91 Å². The third-order valence-corrected chi connectivity index (χ3v) is 4.23. The molecule has 0 saturated heterocycles. The molecular formula is C18H19NO2. The molecule has 0 aromatic heterocycles. The lowest BCUT2D eigenvalue weighted by Crippen LogP contribution is -2.41. The van der Waals surface area contributed by atoms with Crippen LogP contribution in [0.4, 0.5) is 0 Å². The first-order chi connectivity index (χ1) is 10.2. The zero-order valence-electron chi connectivity index (χ0n) is 12.1. The van der Waals surface area contributed by atoms with Crippen molar-refractivity contribution in [3.8, 4) is 0 Å². The molecule has 0 fully saturated rings. The summed E-state index contributed by atoms with van der Waals surface area (Å²) in [5, 5.41) is 10.3. The van der Waals surface area contributed by atoms with Gasteiger partial charge in [-0.2, -0.15) is 0 Å². The Bertz CT molecular complexity index is 639. The number of nitrogens with zero attached hydrogens (tertiary/aromatic N) is 1. The summed E-state index contributed by atoms with van der Waals surface area (Å²) in [5.74, 6) is -0.219. The Labute approximate surface area is 124 Å². The highest BCUT2D eigenvalue weighted by atomic mass is 16.3. The van der Waals surface area contributed by atoms with Crippen molar-refractivity contribution in [3.63, 3.8) is 0 Å². The fourth-order valence-electron chi connectivity index (χ4n) is 3.01. The van der Waals surface area contributed by atoms with Gasteiger partial charge in [-0.15, -0.1) is 0 Å². The summed E-state index contributed by atoms with van der Waals surface area (Å²) in [6.07, 6.45) is -0.243. The van der Waals surface area contributed by atoms with Crippen LogP contribution in [0.5, 0.6) is 0 Å². The van der Waals surface area contributed by atoms with Crippen molar-refractivity contribution in [2.75, 3.05) is 6.54 Å². The molecule has 1 amide bonds. The van der Waals surface area contributed by atoms with Crippen LogP contribution in [0, 0.1) is 0 Å². The van der Waals surface area contributed by atoms with Gasteiger partial charge in [-0.1, -0.05) is 54.6 Å². The van der Waals surface area contributed by atoms with Gasteiger partial charge in [-0.3, -0.25) is 4.79 Å². The molecule has 3 heteroatoms. The molecule has 108 valence electrons. The molecule has 0 spiro atoms. The second kappa shape index (κ2) is 5.70. The predicted molar refractivity (Wildman–Crippen MR) is 81.7 cm³/mol. The molecule has 0 radical (unpaired) electrons. The maximum Gasteiger partial charge on any atom is 0.256 e. The molecule has 1 N–H and O–H groups in total. The van der Waals surface area contributed by atoms with E-state index in [-0.39, 0.29) is 11.9 Å². The van der Waals surface area contributed by atoms with E-state index in [4.69, 9.17) is 0 Å². The van der Waals surface area contributed by atoms with Crippen LogP contribution in [0.25, 0.3) is 0 Å². The van der Waals surface area contributed by atoms with Gasteiger partial charge in [0.2, 0.25) is 0 Å². The normalized spacial score (nSPS) is 19.0. The Balaban J connectivity index is 1.83. The van der Waals surface area contributed by atoms with Crippen LogP contribution in [0.2, 0.25) is 0 Å². The molecule has 2 aromatic carbocycles. The number of benzene rings is 2. The molecule has 2 aromatic rings. The highest BCUT2D eigenvalue weighted by Gasteiger charge is 2.31. The number of carbonyl (C=O) groups excluding carboxylic acids is 1. The molecule has 1 aliphatic heterocycles. The van der Waals surface area contributed by atoms with E-state index in [2.05, 4.69) is 12.1 Å². The topological polar surface area (TPSA) is 40.5 Å². The van der Waals surface area contributed by atoms with Gasteiger partial charge in [0.1, 0.15) is 0 Å². The number of hydrogen-bond acceptors (Lipinski definition) is 2. The second-order valence-electron chi connectivity index (χ2n) is 5.47. The molecule has 3 nitrogen and oxygen atoms in total. The van der Waals surface area contributed by atoms with Gasteiger partial charge >= 0.3 is 0 Å². The number of hydrogen-bond donors (Lipinski definition) is 1. The maximum absolute atomic E-state index is 12.6. The fourth-order valence-corrected chi connectivity index (χ4v) is 3.01. The van der Waals surface area contributed by atoms with Crippen molar-refractivity contribution in [3.05, 3.63) is 71.3 Å². The van der Waals surface area contributed by atoms with E-state index in [0.29, 0.717) is 12.1 Å². The third kappa shape index (κ3) is 2.57. The molecule has 3 rings (SSSR count). The number of fused-ring (bicyclic) bond motifs is 1. The Morgan fingerprint density at radius 3 is 2.57 bits per heavy atom. The number of amides is 1. The van der Waals surface area contributed by atoms with Crippen molar-refractivity contribution in [2.24, 2.45) is 0 Å². The highest BCUT2D eigenvalue weighted by Crippen LogP contribution is 2.31. The zero-order chi connectivity index (χ0) is 14.8. The standard InChI is InChI=1S/C18H19NO2/c1-13-16-10-6-5-7-14(16)11-12-19(13)18(21)17(20)15-8-3-2-4-9-15/h2-10,13,17,20H,11-12H2,1H3. The minimum absolute atomic E-state index is 0.000752. The zero-order valence-corrected chi connectivity index (χ0v) is 12.1. The summed E-state index contributed by atoms with van der Waals surface area (Å²) in [6, 6.07) is 17.3. The van der Waals surface area contributed by atoms with Gasteiger partial charge in [-0.25, -0.2) is 0 Å². The monoisotopic (exact) mass is 281 g/mol. The summed E-state index contributed by atoms with van der Waals surface area (Å²) in [4.78, 5) is 14.4. The van der Waals surface area contributed by atoms with Crippen molar-refractivity contribution < 1.29 is 9.90 Å². The Morgan fingerprint density at radius 1 is 1.14 bits per heavy atom. The molecule has 0 aliphatic carbocycles. The predicted octanol–water partition coefficient (Wildman–Crippen LogP) is 2.87. The Kier molecular flexibility index (Phi) is 3.76. The minimum atomic E-state index is -1.08. The number of aliphatic hydroxyl groups is 1. The summed E-state index contributed by atoms with van der Waals surface area (Å²) < 4.78 is 0. The van der Waals surface area contributed by atoms with E-state index in [1.54, 1.807) is 17.0 Å². The average molecular weight is 281 g/mol. The lowest BCUT2D eigenvalue weighted by Gasteiger charge is -2.36. The minimum Gasteiger partial charge on any atom is -0.378 e. The summed E-state index contributed by atoms with van der Waals surface area (Å²) in [7, 11) is 0. The summed E-state index contributed by atoms with van der Waals surface area (Å²) in [5.41, 5.74) is 3.12. The van der Waals surface area contributed by atoms with Crippen LogP contribution < -0.4 is 0 Å². The van der Waals surface area contributed by atoms with Gasteiger partial charge < -0.3 is 10.0 Å². The van der Waals surface area contributed by atoms with Crippen molar-refractivity contribution >= 4 is 5.91 Å². The van der Waals surface area contributed by atoms with E-state index in [1.165, 1.54) is 11.1 Å². The first-order valence-electron chi connectivity index (χ1n) is 7.30. The van der Waals surface area contributed by atoms with Gasteiger partial charge in [-0.05, 0) is 30.0 Å². The largest absolute Gasteiger partial charge is 0.378 e.